The number of benzene rings is 9. The Morgan fingerprint density at radius 3 is 1.19 bits per heavy atom. The summed E-state index contributed by atoms with van der Waals surface area (Å²) in [6.07, 6.45) is 0. The van der Waals surface area contributed by atoms with Crippen LogP contribution >= 0.6 is 0 Å². The summed E-state index contributed by atoms with van der Waals surface area (Å²) in [6.45, 7) is 21.2. The van der Waals surface area contributed by atoms with Crippen molar-refractivity contribution in [2.75, 3.05) is 4.90 Å². The number of nitrogens with zero attached hydrogens (tertiary/aromatic N) is 1. The Morgan fingerprint density at radius 2 is 0.691 bits per heavy atom. The first kappa shape index (κ1) is 43.4. The standard InChI is InChI=1S/C67H61N/c1-64(2,3)48-31-37-55-56-38-32-49(65(4,5)6)42-60(56)67(59(55)41-48)61-43-50(66(7,8)9)33-39-57(61)58-27-19-26-54(63(58)67)47-30-36-53(46-22-15-11-16-23-46)62(40-47)68(51-24-17-12-18-25-51)52-34-28-45(29-35-52)44-20-13-10-14-21-44/h10-43H,1-9H3. The highest BCUT2D eigenvalue weighted by atomic mass is 15.1. The predicted octanol–water partition coefficient (Wildman–Crippen LogP) is 18.4. The fourth-order valence-electron chi connectivity index (χ4n) is 11.1. The molecule has 0 N–H and O–H groups in total. The van der Waals surface area contributed by atoms with Gasteiger partial charge in [-0.05, 0) is 136 Å². The van der Waals surface area contributed by atoms with E-state index in [9.17, 15) is 0 Å². The van der Waals surface area contributed by atoms with E-state index >= 15 is 0 Å². The Bertz CT molecular complexity index is 3250. The molecule has 334 valence electrons. The number of hydrogen-bond acceptors (Lipinski definition) is 1. The second-order valence-electron chi connectivity index (χ2n) is 22.2. The van der Waals surface area contributed by atoms with Gasteiger partial charge in [-0.25, -0.2) is 0 Å². The highest BCUT2D eigenvalue weighted by molar-refractivity contribution is 6.00. The molecular weight excluding hydrogens is 819 g/mol. The molecular formula is C67H61N. The smallest absolute Gasteiger partial charge is 0.0731 e. The summed E-state index contributed by atoms with van der Waals surface area (Å²) in [6, 6.07) is 78.0. The zero-order chi connectivity index (χ0) is 47.2. The maximum absolute atomic E-state index is 2.58. The van der Waals surface area contributed by atoms with Gasteiger partial charge in [-0.2, -0.15) is 0 Å². The van der Waals surface area contributed by atoms with Crippen LogP contribution in [0.25, 0.3) is 55.6 Å². The number of fused-ring (bicyclic) bond motifs is 10. The summed E-state index contributed by atoms with van der Waals surface area (Å²) in [4.78, 5) is 2.45. The summed E-state index contributed by atoms with van der Waals surface area (Å²) in [5.74, 6) is 0. The first-order valence-corrected chi connectivity index (χ1v) is 24.4. The van der Waals surface area contributed by atoms with Crippen LogP contribution in [0.4, 0.5) is 17.1 Å². The van der Waals surface area contributed by atoms with Crippen molar-refractivity contribution < 1.29 is 0 Å². The topological polar surface area (TPSA) is 3.24 Å². The van der Waals surface area contributed by atoms with Crippen LogP contribution < -0.4 is 4.90 Å². The molecule has 2 aliphatic rings. The van der Waals surface area contributed by atoms with E-state index in [-0.39, 0.29) is 16.2 Å². The molecule has 0 amide bonds. The third-order valence-electron chi connectivity index (χ3n) is 14.8. The minimum atomic E-state index is -0.569. The monoisotopic (exact) mass is 879 g/mol. The molecule has 9 aromatic carbocycles. The van der Waals surface area contributed by atoms with E-state index in [1.54, 1.807) is 0 Å². The zero-order valence-corrected chi connectivity index (χ0v) is 41.1. The van der Waals surface area contributed by atoms with E-state index in [0.717, 1.165) is 17.1 Å². The molecule has 0 bridgehead atoms. The van der Waals surface area contributed by atoms with E-state index in [2.05, 4.69) is 273 Å². The first-order valence-electron chi connectivity index (χ1n) is 24.4. The second kappa shape index (κ2) is 16.0. The van der Waals surface area contributed by atoms with Crippen molar-refractivity contribution in [1.29, 1.82) is 0 Å². The van der Waals surface area contributed by atoms with Gasteiger partial charge in [-0.15, -0.1) is 0 Å². The van der Waals surface area contributed by atoms with Crippen molar-refractivity contribution in [1.82, 2.24) is 0 Å². The largest absolute Gasteiger partial charge is 0.310 e. The minimum Gasteiger partial charge on any atom is -0.310 e. The number of hydrogen-bond donors (Lipinski definition) is 0. The highest BCUT2D eigenvalue weighted by Gasteiger charge is 2.54. The lowest BCUT2D eigenvalue weighted by Gasteiger charge is -2.35. The van der Waals surface area contributed by atoms with Crippen LogP contribution in [-0.4, -0.2) is 0 Å². The fraction of sp³-hybridized carbons (Fsp3) is 0.194. The van der Waals surface area contributed by atoms with Crippen molar-refractivity contribution in [3.63, 3.8) is 0 Å². The van der Waals surface area contributed by atoms with E-state index in [1.807, 2.05) is 0 Å². The van der Waals surface area contributed by atoms with Crippen LogP contribution in [0.15, 0.2) is 206 Å². The van der Waals surface area contributed by atoms with Gasteiger partial charge in [0.25, 0.3) is 0 Å². The fourth-order valence-corrected chi connectivity index (χ4v) is 11.1. The van der Waals surface area contributed by atoms with E-state index < -0.39 is 5.41 Å². The second-order valence-corrected chi connectivity index (χ2v) is 22.2. The summed E-state index contributed by atoms with van der Waals surface area (Å²) < 4.78 is 0. The summed E-state index contributed by atoms with van der Waals surface area (Å²) in [5, 5.41) is 0. The third-order valence-corrected chi connectivity index (χ3v) is 14.8. The van der Waals surface area contributed by atoms with Crippen molar-refractivity contribution >= 4 is 17.1 Å². The molecule has 0 saturated heterocycles. The molecule has 0 saturated carbocycles. The summed E-state index contributed by atoms with van der Waals surface area (Å²) in [7, 11) is 0. The maximum atomic E-state index is 2.58. The van der Waals surface area contributed by atoms with Gasteiger partial charge in [0, 0.05) is 16.9 Å². The first-order chi connectivity index (χ1) is 32.6. The molecule has 0 aromatic heterocycles. The SMILES string of the molecule is CC(C)(C)c1ccc2c(c1)C1(c3cc(C(C)(C)C)ccc3-2)c2cc(C(C)(C)C)ccc2-c2cccc(-c3ccc(-c4ccccc4)c(N(c4ccccc4)c4ccc(-c5ccccc5)cc4)c3)c21. The molecule has 1 nitrogen and oxygen atoms in total. The lowest BCUT2D eigenvalue weighted by atomic mass is 9.66. The molecule has 0 radical (unpaired) electrons. The van der Waals surface area contributed by atoms with Crippen LogP contribution in [0.1, 0.15) is 101 Å². The number of anilines is 3. The van der Waals surface area contributed by atoms with Crippen LogP contribution in [0, 0.1) is 0 Å². The van der Waals surface area contributed by atoms with Crippen molar-refractivity contribution in [2.45, 2.75) is 84.0 Å². The molecule has 11 rings (SSSR count). The Balaban J connectivity index is 1.23. The average Bonchev–Trinajstić information content (AvgIpc) is 3.81. The average molecular weight is 880 g/mol. The maximum Gasteiger partial charge on any atom is 0.0731 e. The van der Waals surface area contributed by atoms with Crippen molar-refractivity contribution in [2.24, 2.45) is 0 Å². The summed E-state index contributed by atoms with van der Waals surface area (Å²) >= 11 is 0. The quantitative estimate of drug-likeness (QED) is 0.161. The van der Waals surface area contributed by atoms with Crippen molar-refractivity contribution in [3.05, 3.63) is 245 Å². The molecule has 9 aromatic rings. The molecule has 1 heteroatoms. The van der Waals surface area contributed by atoms with Gasteiger partial charge in [0.2, 0.25) is 0 Å². The zero-order valence-electron chi connectivity index (χ0n) is 41.1. The predicted molar refractivity (Wildman–Crippen MR) is 290 cm³/mol. The normalized spacial score (nSPS) is 13.5. The van der Waals surface area contributed by atoms with E-state index in [1.165, 1.54) is 94.6 Å². The Hall–Kier alpha value is -7.22. The van der Waals surface area contributed by atoms with Gasteiger partial charge >= 0.3 is 0 Å². The Kier molecular flexibility index (Phi) is 10.2. The lowest BCUT2D eigenvalue weighted by molar-refractivity contribution is 0.584. The summed E-state index contributed by atoms with van der Waals surface area (Å²) in [5.41, 5.74) is 24.7. The molecule has 0 aliphatic heterocycles. The van der Waals surface area contributed by atoms with Gasteiger partial charge < -0.3 is 4.90 Å². The van der Waals surface area contributed by atoms with Gasteiger partial charge in [-0.1, -0.05) is 238 Å². The third kappa shape index (κ3) is 7.05. The molecule has 0 fully saturated rings. The van der Waals surface area contributed by atoms with Crippen LogP contribution in [0.5, 0.6) is 0 Å². The Morgan fingerprint density at radius 1 is 0.294 bits per heavy atom. The Labute approximate surface area is 404 Å². The highest BCUT2D eigenvalue weighted by Crippen LogP contribution is 2.66. The van der Waals surface area contributed by atoms with Gasteiger partial charge in [0.1, 0.15) is 0 Å². The van der Waals surface area contributed by atoms with Crippen LogP contribution in [-0.2, 0) is 21.7 Å². The van der Waals surface area contributed by atoms with E-state index in [4.69, 9.17) is 0 Å². The molecule has 0 heterocycles. The molecule has 2 aliphatic carbocycles. The van der Waals surface area contributed by atoms with Gasteiger partial charge in [0.05, 0.1) is 11.1 Å². The van der Waals surface area contributed by atoms with Gasteiger partial charge in [0.15, 0.2) is 0 Å². The number of rotatable bonds is 6. The van der Waals surface area contributed by atoms with Gasteiger partial charge in [-0.3, -0.25) is 0 Å². The van der Waals surface area contributed by atoms with Crippen molar-refractivity contribution in [3.8, 4) is 55.6 Å². The van der Waals surface area contributed by atoms with Crippen LogP contribution in [0.3, 0.4) is 0 Å². The minimum absolute atomic E-state index is 0.0407. The molecule has 68 heavy (non-hydrogen) atoms. The van der Waals surface area contributed by atoms with Crippen LogP contribution in [0.2, 0.25) is 0 Å². The lowest BCUT2D eigenvalue weighted by Crippen LogP contribution is -2.28. The molecule has 1 spiro atoms. The number of para-hydroxylation sites is 1. The van der Waals surface area contributed by atoms with E-state index in [0.29, 0.717) is 0 Å². The molecule has 0 unspecified atom stereocenters. The molecule has 0 atom stereocenters.